The summed E-state index contributed by atoms with van der Waals surface area (Å²) in [5.74, 6) is -0.611. The summed E-state index contributed by atoms with van der Waals surface area (Å²) in [6, 6.07) is 9.37. The Labute approximate surface area is 236 Å². The predicted octanol–water partition coefficient (Wildman–Crippen LogP) is 3.71. The van der Waals surface area contributed by atoms with Crippen molar-refractivity contribution in [3.05, 3.63) is 40.4 Å². The van der Waals surface area contributed by atoms with Crippen molar-refractivity contribution in [3.63, 3.8) is 0 Å². The second-order valence-corrected chi connectivity index (χ2v) is 11.1. The molecule has 2 heterocycles. The molecule has 0 saturated carbocycles. The van der Waals surface area contributed by atoms with Crippen molar-refractivity contribution in [1.82, 2.24) is 20.4 Å². The van der Waals surface area contributed by atoms with Crippen LogP contribution >= 0.6 is 11.8 Å². The van der Waals surface area contributed by atoms with Crippen LogP contribution in [0.1, 0.15) is 69.7 Å². The Balaban J connectivity index is 1.53. The Kier molecular flexibility index (Phi) is 12.2. The third kappa shape index (κ3) is 8.48. The largest absolute Gasteiger partial charge is 0.385 e. The molecule has 2 fully saturated rings. The van der Waals surface area contributed by atoms with Crippen LogP contribution in [0.4, 0.5) is 5.69 Å². The normalized spacial score (nSPS) is 18.8. The summed E-state index contributed by atoms with van der Waals surface area (Å²) >= 11 is 1.28. The Hall–Kier alpha value is -3.03. The van der Waals surface area contributed by atoms with E-state index in [1.54, 1.807) is 6.07 Å². The summed E-state index contributed by atoms with van der Waals surface area (Å²) < 4.78 is 0. The molecule has 0 bridgehead atoms. The van der Waals surface area contributed by atoms with Crippen LogP contribution in [0.5, 0.6) is 0 Å². The monoisotopic (exact) mass is 554 g/mol. The molecule has 39 heavy (non-hydrogen) atoms. The zero-order chi connectivity index (χ0) is 28.2. The molecule has 10 heteroatoms. The van der Waals surface area contributed by atoms with Crippen LogP contribution in [0.15, 0.2) is 34.9 Å². The summed E-state index contributed by atoms with van der Waals surface area (Å²) in [4.78, 5) is 42.4. The summed E-state index contributed by atoms with van der Waals surface area (Å²) in [5, 5.41) is 19.0. The Morgan fingerprint density at radius 2 is 1.90 bits per heavy atom. The highest BCUT2D eigenvalue weighted by atomic mass is 32.2. The highest BCUT2D eigenvalue weighted by Crippen LogP contribution is 2.38. The number of rotatable bonds is 14. The Morgan fingerprint density at radius 1 is 1.15 bits per heavy atom. The quantitative estimate of drug-likeness (QED) is 0.182. The van der Waals surface area contributed by atoms with Crippen molar-refractivity contribution in [2.45, 2.75) is 70.6 Å². The van der Waals surface area contributed by atoms with E-state index < -0.39 is 5.91 Å². The molecule has 0 aliphatic carbocycles. The lowest BCUT2D eigenvalue weighted by Crippen LogP contribution is -2.36. The van der Waals surface area contributed by atoms with Gasteiger partial charge in [-0.25, -0.2) is 0 Å². The first-order valence-corrected chi connectivity index (χ1v) is 15.1. The van der Waals surface area contributed by atoms with Crippen molar-refractivity contribution in [2.75, 3.05) is 44.6 Å². The zero-order valence-electron chi connectivity index (χ0n) is 23.4. The third-order valence-electron chi connectivity index (χ3n) is 7.23. The van der Waals surface area contributed by atoms with Gasteiger partial charge in [-0.15, -0.1) is 0 Å². The van der Waals surface area contributed by atoms with Crippen LogP contribution in [0.2, 0.25) is 0 Å². The summed E-state index contributed by atoms with van der Waals surface area (Å²) in [6.07, 6.45) is 5.54. The maximum Gasteiger partial charge on any atom is 0.264 e. The molecule has 0 aromatic heterocycles. The van der Waals surface area contributed by atoms with Gasteiger partial charge in [-0.05, 0) is 83.3 Å². The van der Waals surface area contributed by atoms with Gasteiger partial charge in [0.2, 0.25) is 5.91 Å². The molecule has 0 radical (unpaired) electrons. The lowest BCUT2D eigenvalue weighted by Gasteiger charge is -2.18. The van der Waals surface area contributed by atoms with Crippen LogP contribution in [0.25, 0.3) is 0 Å². The topological polar surface area (TPSA) is 118 Å². The minimum absolute atomic E-state index is 0.00305. The molecule has 2 saturated heterocycles. The fourth-order valence-corrected chi connectivity index (χ4v) is 6.21. The minimum Gasteiger partial charge on any atom is -0.385 e. The maximum absolute atomic E-state index is 13.1. The number of anilines is 1. The van der Waals surface area contributed by atoms with Gasteiger partial charge in [0, 0.05) is 36.9 Å². The Morgan fingerprint density at radius 3 is 2.56 bits per heavy atom. The lowest BCUT2D eigenvalue weighted by atomic mass is 10.1. The van der Waals surface area contributed by atoms with Gasteiger partial charge in [0.05, 0.1) is 5.25 Å². The van der Waals surface area contributed by atoms with Crippen molar-refractivity contribution in [3.8, 4) is 6.07 Å². The van der Waals surface area contributed by atoms with Gasteiger partial charge in [-0.2, -0.15) is 5.26 Å². The molecule has 212 valence electrons. The van der Waals surface area contributed by atoms with Gasteiger partial charge in [0.1, 0.15) is 16.7 Å². The average Bonchev–Trinajstić information content (AvgIpc) is 3.58. The number of hydrogen-bond donors (Lipinski definition) is 3. The molecule has 9 nitrogen and oxygen atoms in total. The minimum atomic E-state index is -0.426. The van der Waals surface area contributed by atoms with E-state index in [1.807, 2.05) is 45.0 Å². The number of carbonyl (C=O) groups is 3. The van der Waals surface area contributed by atoms with Crippen LogP contribution in [-0.2, 0) is 9.59 Å². The van der Waals surface area contributed by atoms with Crippen LogP contribution in [0.3, 0.4) is 0 Å². The molecule has 1 aromatic rings. The van der Waals surface area contributed by atoms with Gasteiger partial charge in [-0.3, -0.25) is 14.4 Å². The first-order valence-electron chi connectivity index (χ1n) is 14.2. The number of nitrogens with one attached hydrogen (secondary N) is 3. The molecule has 0 spiro atoms. The number of hydrogen-bond acceptors (Lipinski definition) is 7. The summed E-state index contributed by atoms with van der Waals surface area (Å²) in [5.41, 5.74) is 1.40. The predicted molar refractivity (Wildman–Crippen MR) is 156 cm³/mol. The van der Waals surface area contributed by atoms with E-state index in [4.69, 9.17) is 0 Å². The number of benzene rings is 1. The fraction of sp³-hybridized carbons (Fsp3) is 0.586. The molecular formula is C29H42N6O3S. The van der Waals surface area contributed by atoms with Crippen molar-refractivity contribution in [2.24, 2.45) is 0 Å². The third-order valence-corrected chi connectivity index (χ3v) is 8.60. The molecule has 3 N–H and O–H groups in total. The van der Waals surface area contributed by atoms with E-state index in [-0.39, 0.29) is 28.7 Å². The smallest absolute Gasteiger partial charge is 0.264 e. The van der Waals surface area contributed by atoms with Crippen LogP contribution < -0.4 is 16.0 Å². The van der Waals surface area contributed by atoms with Crippen LogP contribution in [-0.4, -0.2) is 78.1 Å². The highest BCUT2D eigenvalue weighted by Gasteiger charge is 2.38. The van der Waals surface area contributed by atoms with E-state index in [9.17, 15) is 19.6 Å². The lowest BCUT2D eigenvalue weighted by molar-refractivity contribution is -0.127. The van der Waals surface area contributed by atoms with Gasteiger partial charge >= 0.3 is 0 Å². The number of likely N-dealkylation sites (tertiary alicyclic amines) is 1. The molecule has 3 rings (SSSR count). The van der Waals surface area contributed by atoms with E-state index >= 15 is 0 Å². The van der Waals surface area contributed by atoms with E-state index in [0.29, 0.717) is 36.6 Å². The van der Waals surface area contributed by atoms with Gasteiger partial charge in [-0.1, -0.05) is 31.7 Å². The van der Waals surface area contributed by atoms with Gasteiger partial charge < -0.3 is 25.8 Å². The average molecular weight is 555 g/mol. The number of amides is 3. The Bertz CT molecular complexity index is 1080. The number of thioether (sulfide) groups is 1. The fourth-order valence-electron chi connectivity index (χ4n) is 4.88. The maximum atomic E-state index is 13.1. The second kappa shape index (κ2) is 15.5. The van der Waals surface area contributed by atoms with Crippen molar-refractivity contribution in [1.29, 1.82) is 5.26 Å². The highest BCUT2D eigenvalue weighted by molar-refractivity contribution is 8.04. The molecule has 1 atom stereocenters. The number of nitriles is 1. The molecule has 3 amide bonds. The SMILES string of the molecule is CCC(CC)NC(=O)/C(C#N)=C1\SC(CCNc2cccc(C(=O)NCCCN3CCCC3)c2)C(=O)N1CC. The second-order valence-electron chi connectivity index (χ2n) is 9.92. The van der Waals surface area contributed by atoms with Crippen molar-refractivity contribution < 1.29 is 14.4 Å². The summed E-state index contributed by atoms with van der Waals surface area (Å²) in [6.45, 7) is 10.7. The molecule has 2 aliphatic rings. The number of carbonyl (C=O) groups excluding carboxylic acids is 3. The number of nitrogens with zero attached hydrogens (tertiary/aromatic N) is 3. The molecular weight excluding hydrogens is 512 g/mol. The van der Waals surface area contributed by atoms with E-state index in [1.165, 1.54) is 29.5 Å². The first kappa shape index (κ1) is 30.5. The van der Waals surface area contributed by atoms with Crippen molar-refractivity contribution >= 4 is 35.2 Å². The van der Waals surface area contributed by atoms with Crippen LogP contribution in [0, 0.1) is 11.3 Å². The summed E-state index contributed by atoms with van der Waals surface area (Å²) in [7, 11) is 0. The molecule has 1 unspecified atom stereocenters. The zero-order valence-corrected chi connectivity index (χ0v) is 24.2. The van der Waals surface area contributed by atoms with E-state index in [2.05, 4.69) is 20.9 Å². The standard InChI is InChI=1S/C29H42N6O3S/c1-4-22(5-2)33-27(37)24(20-30)29-35(6-3)28(38)25(39-29)13-15-31-23-12-9-11-21(19-23)26(36)32-14-10-18-34-16-7-8-17-34/h9,11-12,19,22,25,31H,4-8,10,13-18H2,1-3H3,(H,32,36)(H,33,37)/b29-24-. The van der Waals surface area contributed by atoms with Gasteiger partial charge in [0.15, 0.2) is 0 Å². The first-order chi connectivity index (χ1) is 18.9. The van der Waals surface area contributed by atoms with E-state index in [0.717, 1.165) is 44.6 Å². The van der Waals surface area contributed by atoms with Gasteiger partial charge in [0.25, 0.3) is 11.8 Å². The molecule has 2 aliphatic heterocycles. The molecule has 1 aromatic carbocycles.